The number of ether oxygens (including phenoxy) is 1. The average Bonchev–Trinajstić information content (AvgIpc) is 3.37. The Morgan fingerprint density at radius 3 is 2.65 bits per heavy atom. The minimum atomic E-state index is -4.78. The summed E-state index contributed by atoms with van der Waals surface area (Å²) in [6, 6.07) is 5.43. The predicted molar refractivity (Wildman–Crippen MR) is 107 cm³/mol. The van der Waals surface area contributed by atoms with E-state index in [0.29, 0.717) is 17.8 Å². The van der Waals surface area contributed by atoms with E-state index in [-0.39, 0.29) is 6.42 Å². The van der Waals surface area contributed by atoms with Crippen LogP contribution in [0.1, 0.15) is 11.3 Å². The highest BCUT2D eigenvalue weighted by Gasteiger charge is 2.33. The number of carbonyl (C=O) groups is 2. The van der Waals surface area contributed by atoms with Crippen molar-refractivity contribution in [3.05, 3.63) is 62.5 Å². The molecule has 2 aromatic heterocycles. The maximum absolute atomic E-state index is 12.7. The third-order valence-corrected chi connectivity index (χ3v) is 5.70. The second-order valence-electron chi connectivity index (χ2n) is 5.99. The van der Waals surface area contributed by atoms with E-state index in [1.165, 1.54) is 22.7 Å². The van der Waals surface area contributed by atoms with Crippen molar-refractivity contribution in [2.24, 2.45) is 0 Å². The summed E-state index contributed by atoms with van der Waals surface area (Å²) in [5.41, 5.74) is -2.15. The molecule has 0 fully saturated rings. The molecule has 3 aromatic rings. The average molecular weight is 471 g/mol. The molecule has 0 radical (unpaired) electrons. The van der Waals surface area contributed by atoms with Crippen molar-refractivity contribution >= 4 is 45.9 Å². The van der Waals surface area contributed by atoms with Gasteiger partial charge in [0.15, 0.2) is 6.61 Å². The number of nitrogens with zero attached hydrogens (tertiary/aromatic N) is 2. The first kappa shape index (κ1) is 22.4. The van der Waals surface area contributed by atoms with Gasteiger partial charge < -0.3 is 10.1 Å². The molecule has 3 rings (SSSR count). The number of alkyl halides is 3. The SMILES string of the molecule is O=C(COC(=O)Cc1csc(-c2cccs2)n1)Nc1ccc(C(F)(F)F)cc1[N+](=O)[O-]. The molecule has 0 spiro atoms. The Kier molecular flexibility index (Phi) is 6.65. The maximum Gasteiger partial charge on any atom is 0.416 e. The molecule has 1 amide bonds. The van der Waals surface area contributed by atoms with E-state index in [0.717, 1.165) is 16.0 Å². The quantitative estimate of drug-likeness (QED) is 0.308. The number of carbonyl (C=O) groups excluding carboxylic acids is 2. The van der Waals surface area contributed by atoms with E-state index < -0.39 is 46.5 Å². The summed E-state index contributed by atoms with van der Waals surface area (Å²) in [7, 11) is 0. The van der Waals surface area contributed by atoms with Crippen LogP contribution >= 0.6 is 22.7 Å². The summed E-state index contributed by atoms with van der Waals surface area (Å²) in [5.74, 6) is -1.69. The topological polar surface area (TPSA) is 111 Å². The largest absolute Gasteiger partial charge is 0.455 e. The number of halogens is 3. The molecule has 0 aliphatic rings. The van der Waals surface area contributed by atoms with Gasteiger partial charge in [-0.25, -0.2) is 4.98 Å². The lowest BCUT2D eigenvalue weighted by molar-refractivity contribution is -0.384. The number of hydrogen-bond acceptors (Lipinski definition) is 8. The number of anilines is 1. The lowest BCUT2D eigenvalue weighted by Gasteiger charge is -2.10. The number of hydrogen-bond donors (Lipinski definition) is 1. The van der Waals surface area contributed by atoms with Gasteiger partial charge in [-0.3, -0.25) is 19.7 Å². The summed E-state index contributed by atoms with van der Waals surface area (Å²) in [6.45, 7) is -0.765. The number of aromatic nitrogens is 1. The zero-order valence-corrected chi connectivity index (χ0v) is 17.0. The van der Waals surface area contributed by atoms with E-state index in [9.17, 15) is 32.9 Å². The lowest BCUT2D eigenvalue weighted by Crippen LogP contribution is -2.22. The van der Waals surface area contributed by atoms with Crippen LogP contribution in [0, 0.1) is 10.1 Å². The zero-order valence-electron chi connectivity index (χ0n) is 15.3. The van der Waals surface area contributed by atoms with Gasteiger partial charge in [0.05, 0.1) is 27.5 Å². The van der Waals surface area contributed by atoms with Crippen LogP contribution in [-0.2, 0) is 26.9 Å². The first-order chi connectivity index (χ1) is 14.6. The Balaban J connectivity index is 1.56. The van der Waals surface area contributed by atoms with Crippen LogP contribution in [0.5, 0.6) is 0 Å². The molecule has 1 N–H and O–H groups in total. The zero-order chi connectivity index (χ0) is 22.6. The normalized spacial score (nSPS) is 11.2. The van der Waals surface area contributed by atoms with Crippen LogP contribution in [-0.4, -0.2) is 28.4 Å². The Morgan fingerprint density at radius 2 is 2.00 bits per heavy atom. The third kappa shape index (κ3) is 5.86. The fraction of sp³-hybridized carbons (Fsp3) is 0.167. The fourth-order valence-electron chi connectivity index (χ4n) is 2.40. The van der Waals surface area contributed by atoms with E-state index >= 15 is 0 Å². The molecule has 31 heavy (non-hydrogen) atoms. The number of benzene rings is 1. The van der Waals surface area contributed by atoms with Crippen LogP contribution in [0.4, 0.5) is 24.5 Å². The molecule has 1 aromatic carbocycles. The maximum atomic E-state index is 12.7. The number of thiazole rings is 1. The van der Waals surface area contributed by atoms with Gasteiger partial charge in [0.2, 0.25) is 0 Å². The van der Waals surface area contributed by atoms with Crippen LogP contribution in [0.25, 0.3) is 9.88 Å². The highest BCUT2D eigenvalue weighted by molar-refractivity contribution is 7.20. The van der Waals surface area contributed by atoms with Gasteiger partial charge in [0, 0.05) is 11.4 Å². The minimum absolute atomic E-state index is 0.185. The molecule has 0 saturated carbocycles. The second-order valence-corrected chi connectivity index (χ2v) is 7.80. The minimum Gasteiger partial charge on any atom is -0.455 e. The summed E-state index contributed by atoms with van der Waals surface area (Å²) < 4.78 is 43.0. The predicted octanol–water partition coefficient (Wildman–Crippen LogP) is 4.52. The van der Waals surface area contributed by atoms with Crippen molar-refractivity contribution in [2.45, 2.75) is 12.6 Å². The molecular weight excluding hydrogens is 459 g/mol. The highest BCUT2D eigenvalue weighted by Crippen LogP contribution is 2.35. The Hall–Kier alpha value is -3.32. The number of nitro groups is 1. The van der Waals surface area contributed by atoms with Gasteiger partial charge in [-0.1, -0.05) is 6.07 Å². The molecular formula is C18H12F3N3O5S2. The number of nitro benzene ring substituents is 1. The summed E-state index contributed by atoms with van der Waals surface area (Å²) >= 11 is 2.85. The van der Waals surface area contributed by atoms with Gasteiger partial charge >= 0.3 is 12.1 Å². The van der Waals surface area contributed by atoms with Crippen molar-refractivity contribution in [1.29, 1.82) is 0 Å². The van der Waals surface area contributed by atoms with Crippen LogP contribution in [0.2, 0.25) is 0 Å². The summed E-state index contributed by atoms with van der Waals surface area (Å²) in [4.78, 5) is 39.1. The van der Waals surface area contributed by atoms with Crippen LogP contribution in [0.3, 0.4) is 0 Å². The van der Waals surface area contributed by atoms with E-state index in [4.69, 9.17) is 4.74 Å². The highest BCUT2D eigenvalue weighted by atomic mass is 32.1. The monoisotopic (exact) mass is 471 g/mol. The van der Waals surface area contributed by atoms with Crippen molar-refractivity contribution in [3.8, 4) is 9.88 Å². The third-order valence-electron chi connectivity index (χ3n) is 3.77. The molecule has 13 heteroatoms. The summed E-state index contributed by atoms with van der Waals surface area (Å²) in [6.07, 6.45) is -4.96. The van der Waals surface area contributed by atoms with Crippen molar-refractivity contribution in [2.75, 3.05) is 11.9 Å². The van der Waals surface area contributed by atoms with Crippen molar-refractivity contribution < 1.29 is 32.4 Å². The standard InChI is InChI=1S/C18H12F3N3O5S2/c19-18(20,21)10-3-4-12(13(6-10)24(27)28)23-15(25)8-29-16(26)7-11-9-31-17(22-11)14-2-1-5-30-14/h1-6,9H,7-8H2,(H,23,25). The van der Waals surface area contributed by atoms with E-state index in [1.54, 1.807) is 5.38 Å². The van der Waals surface area contributed by atoms with Crippen molar-refractivity contribution in [1.82, 2.24) is 4.98 Å². The van der Waals surface area contributed by atoms with Crippen LogP contribution in [0.15, 0.2) is 41.1 Å². The molecule has 0 atom stereocenters. The molecule has 0 aliphatic carbocycles. The number of thiophene rings is 1. The number of esters is 1. The Morgan fingerprint density at radius 1 is 1.23 bits per heavy atom. The molecule has 0 bridgehead atoms. The first-order valence-corrected chi connectivity index (χ1v) is 10.2. The van der Waals surface area contributed by atoms with Crippen LogP contribution < -0.4 is 5.32 Å². The molecule has 8 nitrogen and oxygen atoms in total. The smallest absolute Gasteiger partial charge is 0.416 e. The number of rotatable bonds is 7. The lowest BCUT2D eigenvalue weighted by atomic mass is 10.1. The molecule has 0 saturated heterocycles. The Labute approximate surface area is 180 Å². The van der Waals surface area contributed by atoms with Gasteiger partial charge in [0.25, 0.3) is 11.6 Å². The molecule has 0 aliphatic heterocycles. The van der Waals surface area contributed by atoms with Gasteiger partial charge in [-0.05, 0) is 23.6 Å². The van der Waals surface area contributed by atoms with Gasteiger partial charge in [-0.2, -0.15) is 13.2 Å². The van der Waals surface area contributed by atoms with Crippen molar-refractivity contribution in [3.63, 3.8) is 0 Å². The number of nitrogens with one attached hydrogen (secondary N) is 1. The van der Waals surface area contributed by atoms with E-state index in [2.05, 4.69) is 10.3 Å². The molecule has 0 unspecified atom stereocenters. The van der Waals surface area contributed by atoms with Gasteiger partial charge in [-0.15, -0.1) is 22.7 Å². The number of amides is 1. The molecule has 2 heterocycles. The fourth-order valence-corrected chi connectivity index (χ4v) is 4.03. The second kappa shape index (κ2) is 9.22. The first-order valence-electron chi connectivity index (χ1n) is 8.43. The Bertz CT molecular complexity index is 1110. The van der Waals surface area contributed by atoms with Gasteiger partial charge in [0.1, 0.15) is 10.7 Å². The summed E-state index contributed by atoms with van der Waals surface area (Å²) in [5, 5.41) is 17.4. The van der Waals surface area contributed by atoms with E-state index in [1.807, 2.05) is 17.5 Å². The molecule has 162 valence electrons.